The highest BCUT2D eigenvalue weighted by Gasteiger charge is 2.09. The van der Waals surface area contributed by atoms with Gasteiger partial charge >= 0.3 is 0 Å². The number of nitrogen functional groups attached to an aromatic ring is 1. The van der Waals surface area contributed by atoms with Crippen molar-refractivity contribution in [2.24, 2.45) is 0 Å². The molecule has 0 aliphatic heterocycles. The topological polar surface area (TPSA) is 75.3 Å². The summed E-state index contributed by atoms with van der Waals surface area (Å²) in [5, 5.41) is 11.5. The van der Waals surface area contributed by atoms with Gasteiger partial charge in [-0.3, -0.25) is 4.79 Å². The number of rotatable bonds is 7. The van der Waals surface area contributed by atoms with Crippen LogP contribution < -0.4 is 11.1 Å². The molecule has 0 spiro atoms. The highest BCUT2D eigenvalue weighted by molar-refractivity contribution is 7.14. The van der Waals surface area contributed by atoms with Crippen molar-refractivity contribution in [1.82, 2.24) is 5.32 Å². The number of hydrogen-bond donors (Lipinski definition) is 3. The number of carbonyl (C=O) groups is 1. The van der Waals surface area contributed by atoms with Crippen molar-refractivity contribution in [2.75, 3.05) is 18.9 Å². The summed E-state index contributed by atoms with van der Waals surface area (Å²) in [7, 11) is 0. The fourth-order valence-electron chi connectivity index (χ4n) is 1.49. The molecule has 0 fully saturated rings. The van der Waals surface area contributed by atoms with Gasteiger partial charge in [-0.1, -0.05) is 12.8 Å². The molecule has 0 radical (unpaired) electrons. The first-order valence-electron chi connectivity index (χ1n) is 5.90. The molecule has 1 rings (SSSR count). The van der Waals surface area contributed by atoms with Gasteiger partial charge in [-0.2, -0.15) is 0 Å². The van der Waals surface area contributed by atoms with Gasteiger partial charge in [0.1, 0.15) is 0 Å². The third-order valence-electron chi connectivity index (χ3n) is 2.55. The zero-order valence-corrected chi connectivity index (χ0v) is 11.0. The van der Waals surface area contributed by atoms with Gasteiger partial charge in [0.05, 0.1) is 4.88 Å². The first-order chi connectivity index (χ1) is 8.15. The average molecular weight is 256 g/mol. The molecule has 4 nitrogen and oxygen atoms in total. The summed E-state index contributed by atoms with van der Waals surface area (Å²) in [6.45, 7) is 2.84. The maximum atomic E-state index is 11.7. The van der Waals surface area contributed by atoms with Crippen molar-refractivity contribution >= 4 is 22.9 Å². The van der Waals surface area contributed by atoms with Crippen LogP contribution in [0, 0.1) is 6.92 Å². The van der Waals surface area contributed by atoms with E-state index in [2.05, 4.69) is 5.32 Å². The zero-order chi connectivity index (χ0) is 12.7. The van der Waals surface area contributed by atoms with Gasteiger partial charge in [-0.15, -0.1) is 11.3 Å². The lowest BCUT2D eigenvalue weighted by molar-refractivity contribution is 0.0957. The van der Waals surface area contributed by atoms with Crippen molar-refractivity contribution < 1.29 is 9.90 Å². The van der Waals surface area contributed by atoms with E-state index < -0.39 is 0 Å². The number of carbonyl (C=O) groups excluding carboxylic acids is 1. The Labute approximate surface area is 106 Å². The van der Waals surface area contributed by atoms with Gasteiger partial charge in [0.25, 0.3) is 5.91 Å². The Balaban J connectivity index is 2.21. The maximum absolute atomic E-state index is 11.7. The quantitative estimate of drug-likeness (QED) is 0.652. The van der Waals surface area contributed by atoms with Crippen LogP contribution in [-0.2, 0) is 0 Å². The number of aliphatic hydroxyl groups excluding tert-OH is 1. The minimum absolute atomic E-state index is 0.0445. The van der Waals surface area contributed by atoms with Crippen LogP contribution in [0.25, 0.3) is 0 Å². The Hall–Kier alpha value is -1.07. The number of aliphatic hydroxyl groups is 1. The van der Waals surface area contributed by atoms with E-state index in [9.17, 15) is 4.79 Å². The third-order valence-corrected chi connectivity index (χ3v) is 3.62. The van der Waals surface area contributed by atoms with E-state index in [1.807, 2.05) is 6.92 Å². The number of thiophene rings is 1. The van der Waals surface area contributed by atoms with E-state index in [1.165, 1.54) is 11.3 Å². The summed E-state index contributed by atoms with van der Waals surface area (Å²) in [6.07, 6.45) is 3.84. The first kappa shape index (κ1) is 14.0. The van der Waals surface area contributed by atoms with Crippen LogP contribution in [0.5, 0.6) is 0 Å². The molecule has 5 heteroatoms. The molecule has 4 N–H and O–H groups in total. The van der Waals surface area contributed by atoms with Gasteiger partial charge < -0.3 is 16.2 Å². The van der Waals surface area contributed by atoms with Crippen molar-refractivity contribution in [3.63, 3.8) is 0 Å². The fourth-order valence-corrected chi connectivity index (χ4v) is 2.34. The molecule has 1 aromatic heterocycles. The first-order valence-corrected chi connectivity index (χ1v) is 6.71. The molecule has 17 heavy (non-hydrogen) atoms. The van der Waals surface area contributed by atoms with Crippen LogP contribution in [0.4, 0.5) is 5.69 Å². The van der Waals surface area contributed by atoms with E-state index in [0.717, 1.165) is 30.6 Å². The number of hydrogen-bond acceptors (Lipinski definition) is 4. The summed E-state index contributed by atoms with van der Waals surface area (Å²) in [6, 6.07) is 1.72. The Morgan fingerprint density at radius 3 is 2.71 bits per heavy atom. The molecular formula is C12H20N2O2S. The summed E-state index contributed by atoms with van der Waals surface area (Å²) >= 11 is 1.42. The molecule has 1 heterocycles. The molecule has 1 amide bonds. The summed E-state index contributed by atoms with van der Waals surface area (Å²) in [4.78, 5) is 13.4. The number of nitrogens with one attached hydrogen (secondary N) is 1. The molecule has 0 saturated heterocycles. The Bertz CT molecular complexity index is 344. The molecule has 0 atom stereocenters. The molecular weight excluding hydrogens is 236 g/mol. The second kappa shape index (κ2) is 7.29. The molecule has 0 bridgehead atoms. The highest BCUT2D eigenvalue weighted by Crippen LogP contribution is 2.23. The Morgan fingerprint density at radius 1 is 1.41 bits per heavy atom. The van der Waals surface area contributed by atoms with Gasteiger partial charge in [0, 0.05) is 23.7 Å². The molecule has 0 aromatic carbocycles. The van der Waals surface area contributed by atoms with Crippen molar-refractivity contribution in [1.29, 1.82) is 0 Å². The second-order valence-corrected chi connectivity index (χ2v) is 5.27. The van der Waals surface area contributed by atoms with E-state index in [1.54, 1.807) is 6.07 Å². The monoisotopic (exact) mass is 256 g/mol. The number of aryl methyl sites for hydroxylation is 1. The molecule has 96 valence electrons. The average Bonchev–Trinajstić information content (AvgIpc) is 2.64. The predicted molar refractivity (Wildman–Crippen MR) is 71.4 cm³/mol. The van der Waals surface area contributed by atoms with Crippen molar-refractivity contribution in [2.45, 2.75) is 32.6 Å². The lowest BCUT2D eigenvalue weighted by Crippen LogP contribution is -2.23. The van der Waals surface area contributed by atoms with Crippen LogP contribution in [0.3, 0.4) is 0 Å². The number of nitrogens with two attached hydrogens (primary N) is 1. The fraction of sp³-hybridized carbons (Fsp3) is 0.583. The lowest BCUT2D eigenvalue weighted by Gasteiger charge is -2.02. The zero-order valence-electron chi connectivity index (χ0n) is 10.2. The standard InChI is InChI=1S/C12H20N2O2S/c1-9-10(13)8-11(17-9)12(16)14-6-4-2-3-5-7-15/h8,15H,2-7,13H2,1H3,(H,14,16). The van der Waals surface area contributed by atoms with Gasteiger partial charge in [0.15, 0.2) is 0 Å². The molecule has 0 unspecified atom stereocenters. The Morgan fingerprint density at radius 2 is 2.12 bits per heavy atom. The second-order valence-electron chi connectivity index (χ2n) is 4.02. The SMILES string of the molecule is Cc1sc(C(=O)NCCCCCCO)cc1N. The third kappa shape index (κ3) is 4.75. The smallest absolute Gasteiger partial charge is 0.261 e. The van der Waals surface area contributed by atoms with Crippen molar-refractivity contribution in [3.05, 3.63) is 15.8 Å². The molecule has 1 aromatic rings. The van der Waals surface area contributed by atoms with Crippen molar-refractivity contribution in [3.8, 4) is 0 Å². The van der Waals surface area contributed by atoms with Crippen LogP contribution >= 0.6 is 11.3 Å². The maximum Gasteiger partial charge on any atom is 0.261 e. The molecule has 0 aliphatic carbocycles. The van der Waals surface area contributed by atoms with Crippen LogP contribution in [-0.4, -0.2) is 24.2 Å². The minimum atomic E-state index is -0.0445. The summed E-state index contributed by atoms with van der Waals surface area (Å²) < 4.78 is 0. The van der Waals surface area contributed by atoms with E-state index >= 15 is 0 Å². The number of anilines is 1. The van der Waals surface area contributed by atoms with E-state index in [4.69, 9.17) is 10.8 Å². The van der Waals surface area contributed by atoms with Crippen LogP contribution in [0.15, 0.2) is 6.07 Å². The summed E-state index contributed by atoms with van der Waals surface area (Å²) in [5.41, 5.74) is 6.38. The minimum Gasteiger partial charge on any atom is -0.398 e. The molecule has 0 aliphatic rings. The lowest BCUT2D eigenvalue weighted by atomic mass is 10.2. The van der Waals surface area contributed by atoms with Crippen LogP contribution in [0.1, 0.15) is 40.2 Å². The predicted octanol–water partition coefficient (Wildman–Crippen LogP) is 1.92. The van der Waals surface area contributed by atoms with Crippen LogP contribution in [0.2, 0.25) is 0 Å². The van der Waals surface area contributed by atoms with E-state index in [-0.39, 0.29) is 12.5 Å². The van der Waals surface area contributed by atoms with E-state index in [0.29, 0.717) is 17.1 Å². The van der Waals surface area contributed by atoms with Gasteiger partial charge in [-0.25, -0.2) is 0 Å². The van der Waals surface area contributed by atoms with Gasteiger partial charge in [-0.05, 0) is 25.8 Å². The largest absolute Gasteiger partial charge is 0.398 e. The summed E-state index contributed by atoms with van der Waals surface area (Å²) in [5.74, 6) is -0.0445. The van der Waals surface area contributed by atoms with Gasteiger partial charge in [0.2, 0.25) is 0 Å². The number of amides is 1. The normalized spacial score (nSPS) is 10.5. The highest BCUT2D eigenvalue weighted by atomic mass is 32.1. The molecule has 0 saturated carbocycles. The number of unbranched alkanes of at least 4 members (excludes halogenated alkanes) is 3. The Kier molecular flexibility index (Phi) is 6.00.